The molecule has 0 N–H and O–H groups in total. The van der Waals surface area contributed by atoms with Crippen LogP contribution in [0.1, 0.15) is 0 Å². The van der Waals surface area contributed by atoms with Crippen molar-refractivity contribution in [2.24, 2.45) is 0 Å². The molecule has 0 amide bonds. The second kappa shape index (κ2) is 7.93. The molecule has 0 aliphatic heterocycles. The molecule has 5 aromatic carbocycles. The maximum atomic E-state index is 6.19. The Kier molecular flexibility index (Phi) is 4.46. The minimum Gasteiger partial charge on any atom is -0.456 e. The largest absolute Gasteiger partial charge is 0.456 e. The minimum atomic E-state index is 0.715. The SMILES string of the molecule is c1ccc(-c2ccc(-c3nc(-c4ccccc4)nc4ccc5oc6ccccc6c5c34)cc2)cc1. The lowest BCUT2D eigenvalue weighted by Crippen LogP contribution is -1.95. The quantitative estimate of drug-likeness (QED) is 0.272. The number of para-hydroxylation sites is 1. The fourth-order valence-corrected chi connectivity index (χ4v) is 4.82. The van der Waals surface area contributed by atoms with Gasteiger partial charge in [0.15, 0.2) is 5.82 Å². The molecule has 0 spiro atoms. The number of hydrogen-bond acceptors (Lipinski definition) is 3. The zero-order valence-electron chi connectivity index (χ0n) is 18.8. The summed E-state index contributed by atoms with van der Waals surface area (Å²) in [5.41, 5.74) is 7.94. The van der Waals surface area contributed by atoms with Crippen molar-refractivity contribution in [3.05, 3.63) is 121 Å². The van der Waals surface area contributed by atoms with Gasteiger partial charge in [-0.3, -0.25) is 0 Å². The Morgan fingerprint density at radius 2 is 1.06 bits per heavy atom. The Labute approximate surface area is 202 Å². The molecule has 0 radical (unpaired) electrons. The molecular formula is C32H20N2O. The third kappa shape index (κ3) is 3.29. The lowest BCUT2D eigenvalue weighted by atomic mass is 9.98. The van der Waals surface area contributed by atoms with Crippen molar-refractivity contribution >= 4 is 32.8 Å². The molecule has 3 nitrogen and oxygen atoms in total. The molecule has 7 rings (SSSR count). The van der Waals surface area contributed by atoms with E-state index in [9.17, 15) is 0 Å². The predicted octanol–water partition coefficient (Wildman–Crippen LogP) is 8.53. The summed E-state index contributed by atoms with van der Waals surface area (Å²) in [5.74, 6) is 0.715. The molecule has 0 bridgehead atoms. The molecule has 3 heteroatoms. The van der Waals surface area contributed by atoms with E-state index in [1.165, 1.54) is 11.1 Å². The number of hydrogen-bond donors (Lipinski definition) is 0. The molecule has 164 valence electrons. The van der Waals surface area contributed by atoms with Crippen LogP contribution in [0.3, 0.4) is 0 Å². The van der Waals surface area contributed by atoms with Crippen LogP contribution in [0.4, 0.5) is 0 Å². The van der Waals surface area contributed by atoms with Gasteiger partial charge in [0, 0.05) is 27.3 Å². The molecule has 0 unspecified atom stereocenters. The highest BCUT2D eigenvalue weighted by atomic mass is 16.3. The van der Waals surface area contributed by atoms with Crippen LogP contribution in [0.2, 0.25) is 0 Å². The van der Waals surface area contributed by atoms with Crippen LogP contribution >= 0.6 is 0 Å². The Bertz CT molecular complexity index is 1820. The molecule has 35 heavy (non-hydrogen) atoms. The van der Waals surface area contributed by atoms with Gasteiger partial charge in [0.2, 0.25) is 0 Å². The van der Waals surface area contributed by atoms with Crippen molar-refractivity contribution in [1.82, 2.24) is 9.97 Å². The summed E-state index contributed by atoms with van der Waals surface area (Å²) in [6.07, 6.45) is 0. The lowest BCUT2D eigenvalue weighted by molar-refractivity contribution is 0.669. The summed E-state index contributed by atoms with van der Waals surface area (Å²) in [5, 5.41) is 3.14. The first-order valence-corrected chi connectivity index (χ1v) is 11.7. The molecule has 2 heterocycles. The third-order valence-electron chi connectivity index (χ3n) is 6.50. The van der Waals surface area contributed by atoms with Crippen molar-refractivity contribution in [2.45, 2.75) is 0 Å². The van der Waals surface area contributed by atoms with E-state index in [1.54, 1.807) is 0 Å². The topological polar surface area (TPSA) is 38.9 Å². The summed E-state index contributed by atoms with van der Waals surface area (Å²) in [6.45, 7) is 0. The molecule has 0 aliphatic rings. The number of nitrogens with zero attached hydrogens (tertiary/aromatic N) is 2. The van der Waals surface area contributed by atoms with E-state index in [0.29, 0.717) is 5.82 Å². The number of benzene rings is 5. The Morgan fingerprint density at radius 1 is 0.429 bits per heavy atom. The van der Waals surface area contributed by atoms with Gasteiger partial charge in [0.05, 0.1) is 11.2 Å². The first kappa shape index (κ1) is 19.7. The van der Waals surface area contributed by atoms with Gasteiger partial charge in [0.1, 0.15) is 11.2 Å². The van der Waals surface area contributed by atoms with Gasteiger partial charge in [0.25, 0.3) is 0 Å². The van der Waals surface area contributed by atoms with E-state index in [1.807, 2.05) is 54.6 Å². The Balaban J connectivity index is 1.53. The fourth-order valence-electron chi connectivity index (χ4n) is 4.82. The fraction of sp³-hybridized carbons (Fsp3) is 0. The monoisotopic (exact) mass is 448 g/mol. The smallest absolute Gasteiger partial charge is 0.160 e. The minimum absolute atomic E-state index is 0.715. The Hall–Kier alpha value is -4.76. The van der Waals surface area contributed by atoms with E-state index < -0.39 is 0 Å². The summed E-state index contributed by atoms with van der Waals surface area (Å²) in [7, 11) is 0. The van der Waals surface area contributed by atoms with Crippen molar-refractivity contribution in [2.75, 3.05) is 0 Å². The van der Waals surface area contributed by atoms with E-state index >= 15 is 0 Å². The van der Waals surface area contributed by atoms with Crippen LogP contribution in [0, 0.1) is 0 Å². The molecule has 2 aromatic heterocycles. The first-order chi connectivity index (χ1) is 17.3. The summed E-state index contributed by atoms with van der Waals surface area (Å²) >= 11 is 0. The normalized spacial score (nSPS) is 11.4. The summed E-state index contributed by atoms with van der Waals surface area (Å²) < 4.78 is 6.19. The second-order valence-corrected chi connectivity index (χ2v) is 8.64. The molecule has 0 saturated heterocycles. The number of aromatic nitrogens is 2. The van der Waals surface area contributed by atoms with E-state index in [0.717, 1.165) is 49.7 Å². The Morgan fingerprint density at radius 3 is 1.83 bits per heavy atom. The number of rotatable bonds is 3. The van der Waals surface area contributed by atoms with Crippen molar-refractivity contribution in [3.8, 4) is 33.8 Å². The summed E-state index contributed by atoms with van der Waals surface area (Å²) in [4.78, 5) is 10.1. The second-order valence-electron chi connectivity index (χ2n) is 8.64. The van der Waals surface area contributed by atoms with Gasteiger partial charge in [-0.1, -0.05) is 103 Å². The maximum Gasteiger partial charge on any atom is 0.160 e. The van der Waals surface area contributed by atoms with Crippen LogP contribution in [0.15, 0.2) is 126 Å². The highest BCUT2D eigenvalue weighted by Crippen LogP contribution is 2.39. The van der Waals surface area contributed by atoms with Gasteiger partial charge >= 0.3 is 0 Å². The molecule has 7 aromatic rings. The van der Waals surface area contributed by atoms with E-state index in [4.69, 9.17) is 14.4 Å². The third-order valence-corrected chi connectivity index (χ3v) is 6.50. The van der Waals surface area contributed by atoms with Crippen LogP contribution in [-0.2, 0) is 0 Å². The molecule has 0 saturated carbocycles. The van der Waals surface area contributed by atoms with Gasteiger partial charge in [-0.05, 0) is 29.3 Å². The van der Waals surface area contributed by atoms with Crippen molar-refractivity contribution in [3.63, 3.8) is 0 Å². The van der Waals surface area contributed by atoms with E-state index in [-0.39, 0.29) is 0 Å². The standard InChI is InChI=1S/C32H20N2O/c1-3-9-21(10-4-1)22-15-17-23(18-16-22)31-30-26(33-32(34-31)24-11-5-2-6-12-24)19-20-28-29(30)25-13-7-8-14-27(25)35-28/h1-20H. The van der Waals surface area contributed by atoms with Crippen LogP contribution in [-0.4, -0.2) is 9.97 Å². The zero-order chi connectivity index (χ0) is 23.2. The van der Waals surface area contributed by atoms with Gasteiger partial charge in [-0.25, -0.2) is 9.97 Å². The van der Waals surface area contributed by atoms with Crippen molar-refractivity contribution < 1.29 is 4.42 Å². The number of furan rings is 1. The van der Waals surface area contributed by atoms with Crippen LogP contribution in [0.5, 0.6) is 0 Å². The highest BCUT2D eigenvalue weighted by molar-refractivity contribution is 6.21. The van der Waals surface area contributed by atoms with Gasteiger partial charge in [-0.15, -0.1) is 0 Å². The zero-order valence-corrected chi connectivity index (χ0v) is 18.8. The van der Waals surface area contributed by atoms with Crippen molar-refractivity contribution in [1.29, 1.82) is 0 Å². The molecule has 0 aliphatic carbocycles. The maximum absolute atomic E-state index is 6.19. The number of fused-ring (bicyclic) bond motifs is 5. The lowest BCUT2D eigenvalue weighted by Gasteiger charge is -2.11. The van der Waals surface area contributed by atoms with Gasteiger partial charge < -0.3 is 4.42 Å². The summed E-state index contributed by atoms with van der Waals surface area (Å²) in [6, 6.07) is 41.4. The van der Waals surface area contributed by atoms with Gasteiger partial charge in [-0.2, -0.15) is 0 Å². The first-order valence-electron chi connectivity index (χ1n) is 11.7. The van der Waals surface area contributed by atoms with Crippen LogP contribution in [0.25, 0.3) is 66.6 Å². The molecular weight excluding hydrogens is 428 g/mol. The average Bonchev–Trinajstić information content (AvgIpc) is 3.32. The molecule has 0 fully saturated rings. The van der Waals surface area contributed by atoms with Crippen LogP contribution < -0.4 is 0 Å². The molecule has 0 atom stereocenters. The average molecular weight is 449 g/mol. The predicted molar refractivity (Wildman–Crippen MR) is 143 cm³/mol. The highest BCUT2D eigenvalue weighted by Gasteiger charge is 2.18. The van der Waals surface area contributed by atoms with E-state index in [2.05, 4.69) is 66.7 Å².